The summed E-state index contributed by atoms with van der Waals surface area (Å²) in [5.41, 5.74) is 3.03. The van der Waals surface area contributed by atoms with Gasteiger partial charge in [-0.1, -0.05) is 11.6 Å². The molecule has 1 aliphatic rings. The standard InChI is InChI=1S/C23H23ClN8O2/c1-13(11-32-6-5-14(8-25)12-32)28-23(33)34-19-10-27-22-21(19)29-17(9-26-22)20-16-4-3-15(24)7-18(16)31(2)30-20/h3-4,7,9-10,13-14H,5-6,11-12H2,1-2H3,(H,26,27)(H,28,33). The summed E-state index contributed by atoms with van der Waals surface area (Å²) in [6.45, 7) is 4.15. The zero-order valence-electron chi connectivity index (χ0n) is 18.7. The molecule has 2 unspecified atom stereocenters. The highest BCUT2D eigenvalue weighted by atomic mass is 35.5. The number of rotatable bonds is 5. The Balaban J connectivity index is 1.33. The van der Waals surface area contributed by atoms with Crippen LogP contribution in [0.3, 0.4) is 0 Å². The van der Waals surface area contributed by atoms with E-state index in [1.807, 2.05) is 26.1 Å². The molecule has 10 nitrogen and oxygen atoms in total. The number of nitrogens with one attached hydrogen (secondary N) is 2. The molecule has 5 rings (SSSR count). The zero-order chi connectivity index (χ0) is 23.8. The molecule has 0 aliphatic carbocycles. The maximum atomic E-state index is 12.5. The first-order valence-electron chi connectivity index (χ1n) is 11.0. The van der Waals surface area contributed by atoms with Crippen LogP contribution in [-0.2, 0) is 7.05 Å². The monoisotopic (exact) mass is 478 g/mol. The predicted molar refractivity (Wildman–Crippen MR) is 127 cm³/mol. The number of hydrogen-bond donors (Lipinski definition) is 2. The van der Waals surface area contributed by atoms with Gasteiger partial charge in [0, 0.05) is 42.8 Å². The van der Waals surface area contributed by atoms with Crippen molar-refractivity contribution < 1.29 is 9.53 Å². The van der Waals surface area contributed by atoms with Gasteiger partial charge in [0.2, 0.25) is 0 Å². The lowest BCUT2D eigenvalue weighted by Crippen LogP contribution is -2.42. The third kappa shape index (κ3) is 4.27. The van der Waals surface area contributed by atoms with Gasteiger partial charge >= 0.3 is 6.09 Å². The second-order valence-electron chi connectivity index (χ2n) is 8.55. The van der Waals surface area contributed by atoms with Crippen molar-refractivity contribution in [1.82, 2.24) is 34.9 Å². The summed E-state index contributed by atoms with van der Waals surface area (Å²) in [5.74, 6) is 0.342. The van der Waals surface area contributed by atoms with Crippen molar-refractivity contribution in [1.29, 1.82) is 5.26 Å². The number of nitrogens with zero attached hydrogens (tertiary/aromatic N) is 6. The predicted octanol–water partition coefficient (Wildman–Crippen LogP) is 3.49. The molecule has 2 N–H and O–H groups in total. The summed E-state index contributed by atoms with van der Waals surface area (Å²) in [6, 6.07) is 7.72. The third-order valence-electron chi connectivity index (χ3n) is 5.96. The molecule has 3 aromatic heterocycles. The van der Waals surface area contributed by atoms with E-state index in [1.54, 1.807) is 23.1 Å². The van der Waals surface area contributed by atoms with Gasteiger partial charge in [-0.05, 0) is 38.1 Å². The Morgan fingerprint density at radius 3 is 3.12 bits per heavy atom. The van der Waals surface area contributed by atoms with Crippen LogP contribution in [0.2, 0.25) is 5.02 Å². The topological polar surface area (TPSA) is 125 Å². The lowest BCUT2D eigenvalue weighted by molar-refractivity contribution is 0.192. The normalized spacial score (nSPS) is 17.2. The van der Waals surface area contributed by atoms with E-state index >= 15 is 0 Å². The molecule has 174 valence electrons. The molecular weight excluding hydrogens is 456 g/mol. The molecular formula is C23H23ClN8O2. The zero-order valence-corrected chi connectivity index (χ0v) is 19.5. The summed E-state index contributed by atoms with van der Waals surface area (Å²) in [7, 11) is 1.84. The number of aromatic nitrogens is 5. The van der Waals surface area contributed by atoms with Crippen LogP contribution in [0.25, 0.3) is 33.5 Å². The minimum Gasteiger partial charge on any atom is -0.406 e. The molecule has 34 heavy (non-hydrogen) atoms. The van der Waals surface area contributed by atoms with Gasteiger partial charge in [-0.25, -0.2) is 14.8 Å². The Morgan fingerprint density at radius 1 is 1.47 bits per heavy atom. The van der Waals surface area contributed by atoms with Crippen molar-refractivity contribution in [2.24, 2.45) is 13.0 Å². The number of carbonyl (C=O) groups excluding carboxylic acids is 1. The number of aryl methyl sites for hydroxylation is 1. The fraction of sp³-hybridized carbons (Fsp3) is 0.348. The lowest BCUT2D eigenvalue weighted by atomic mass is 10.1. The van der Waals surface area contributed by atoms with Crippen molar-refractivity contribution >= 4 is 39.8 Å². The number of likely N-dealkylation sites (tertiary alicyclic amines) is 1. The Kier molecular flexibility index (Phi) is 5.81. The fourth-order valence-electron chi connectivity index (χ4n) is 4.35. The molecule has 1 saturated heterocycles. The van der Waals surface area contributed by atoms with Crippen molar-refractivity contribution in [2.75, 3.05) is 19.6 Å². The van der Waals surface area contributed by atoms with Crippen LogP contribution in [0.15, 0.2) is 30.6 Å². The quantitative estimate of drug-likeness (QED) is 0.449. The number of fused-ring (bicyclic) bond motifs is 2. The summed E-state index contributed by atoms with van der Waals surface area (Å²) >= 11 is 6.13. The first-order chi connectivity index (χ1) is 16.4. The number of H-pyrrole nitrogens is 1. The second-order valence-corrected chi connectivity index (χ2v) is 8.98. The Labute approximate surface area is 200 Å². The molecule has 1 aliphatic heterocycles. The van der Waals surface area contributed by atoms with Gasteiger partial charge in [0.1, 0.15) is 11.4 Å². The van der Waals surface area contributed by atoms with Crippen LogP contribution in [0.5, 0.6) is 5.75 Å². The van der Waals surface area contributed by atoms with Crippen molar-refractivity contribution in [3.63, 3.8) is 0 Å². The highest BCUT2D eigenvalue weighted by Crippen LogP contribution is 2.30. The summed E-state index contributed by atoms with van der Waals surface area (Å²) in [4.78, 5) is 26.8. The molecule has 1 aromatic carbocycles. The van der Waals surface area contributed by atoms with E-state index in [9.17, 15) is 4.79 Å². The summed E-state index contributed by atoms with van der Waals surface area (Å²) < 4.78 is 7.29. The first-order valence-corrected chi connectivity index (χ1v) is 11.4. The maximum absolute atomic E-state index is 12.5. The van der Waals surface area contributed by atoms with E-state index in [1.165, 1.54) is 0 Å². The van der Waals surface area contributed by atoms with Gasteiger partial charge in [0.15, 0.2) is 16.9 Å². The van der Waals surface area contributed by atoms with Crippen LogP contribution < -0.4 is 10.1 Å². The molecule has 0 radical (unpaired) electrons. The average Bonchev–Trinajstić information content (AvgIpc) is 3.51. The molecule has 0 spiro atoms. The van der Waals surface area contributed by atoms with E-state index < -0.39 is 6.09 Å². The Hall–Kier alpha value is -3.68. The molecule has 11 heteroatoms. The smallest absolute Gasteiger partial charge is 0.406 e. The van der Waals surface area contributed by atoms with Gasteiger partial charge in [-0.3, -0.25) is 9.58 Å². The number of nitriles is 1. The molecule has 4 aromatic rings. The number of ether oxygens (including phenoxy) is 1. The number of halogens is 1. The molecule has 2 atom stereocenters. The molecule has 0 bridgehead atoms. The van der Waals surface area contributed by atoms with Crippen LogP contribution >= 0.6 is 11.6 Å². The summed E-state index contributed by atoms with van der Waals surface area (Å²) in [6.07, 6.45) is 3.48. The van der Waals surface area contributed by atoms with Gasteiger partial charge < -0.3 is 15.0 Å². The number of carbonyl (C=O) groups is 1. The molecule has 0 saturated carbocycles. The average molecular weight is 479 g/mol. The van der Waals surface area contributed by atoms with Crippen LogP contribution in [0.1, 0.15) is 13.3 Å². The van der Waals surface area contributed by atoms with Crippen LogP contribution in [-0.4, -0.2) is 61.4 Å². The third-order valence-corrected chi connectivity index (χ3v) is 6.19. The van der Waals surface area contributed by atoms with E-state index in [4.69, 9.17) is 21.6 Å². The Morgan fingerprint density at radius 2 is 2.32 bits per heavy atom. The second kappa shape index (κ2) is 8.93. The van der Waals surface area contributed by atoms with Gasteiger partial charge in [-0.2, -0.15) is 10.4 Å². The van der Waals surface area contributed by atoms with Gasteiger partial charge in [0.05, 0.1) is 23.7 Å². The van der Waals surface area contributed by atoms with Crippen molar-refractivity contribution in [2.45, 2.75) is 19.4 Å². The van der Waals surface area contributed by atoms with Crippen LogP contribution in [0, 0.1) is 17.2 Å². The van der Waals surface area contributed by atoms with E-state index in [-0.39, 0.29) is 17.7 Å². The van der Waals surface area contributed by atoms with Gasteiger partial charge in [0.25, 0.3) is 0 Å². The molecule has 4 heterocycles. The number of benzene rings is 1. The maximum Gasteiger partial charge on any atom is 0.412 e. The van der Waals surface area contributed by atoms with E-state index in [0.717, 1.165) is 30.4 Å². The van der Waals surface area contributed by atoms with E-state index in [2.05, 4.69) is 36.3 Å². The highest BCUT2D eigenvalue weighted by molar-refractivity contribution is 6.31. The number of hydrogen-bond acceptors (Lipinski definition) is 7. The number of amides is 1. The lowest BCUT2D eigenvalue weighted by Gasteiger charge is -2.20. The highest BCUT2D eigenvalue weighted by Gasteiger charge is 2.24. The Bertz CT molecular complexity index is 1420. The van der Waals surface area contributed by atoms with Gasteiger partial charge in [-0.15, -0.1) is 0 Å². The van der Waals surface area contributed by atoms with Crippen LogP contribution in [0.4, 0.5) is 4.79 Å². The number of aromatic amines is 1. The van der Waals surface area contributed by atoms with E-state index in [0.29, 0.717) is 34.1 Å². The fourth-order valence-corrected chi connectivity index (χ4v) is 4.51. The largest absolute Gasteiger partial charge is 0.412 e. The van der Waals surface area contributed by atoms with Crippen molar-refractivity contribution in [3.8, 4) is 23.2 Å². The molecule has 1 fully saturated rings. The minimum absolute atomic E-state index is 0.0614. The first kappa shape index (κ1) is 22.1. The summed E-state index contributed by atoms with van der Waals surface area (Å²) in [5, 5.41) is 18.0. The SMILES string of the molecule is CC(CN1CCC(C#N)C1)NC(=O)Oc1c[nH]c2ncc(-c3nn(C)c4cc(Cl)ccc34)nc12. The molecule has 1 amide bonds. The van der Waals surface area contributed by atoms with Crippen molar-refractivity contribution in [3.05, 3.63) is 35.6 Å². The minimum atomic E-state index is -0.574.